The van der Waals surface area contributed by atoms with E-state index in [1.54, 1.807) is 6.92 Å². The SMILES string of the molecule is CCCOCCC(C)OC(=O)C(C)(C)NC(=O)c1nccc(OC)c1O.Cc1ccccc1. The van der Waals surface area contributed by atoms with Crippen LogP contribution in [0.3, 0.4) is 0 Å². The number of benzene rings is 1. The zero-order valence-corrected chi connectivity index (χ0v) is 20.4. The van der Waals surface area contributed by atoms with Crippen LogP contribution >= 0.6 is 0 Å². The molecule has 0 spiro atoms. The van der Waals surface area contributed by atoms with E-state index in [9.17, 15) is 14.7 Å². The van der Waals surface area contributed by atoms with Crippen molar-refractivity contribution in [2.45, 2.75) is 59.1 Å². The van der Waals surface area contributed by atoms with Crippen LogP contribution in [0.2, 0.25) is 0 Å². The Morgan fingerprint density at radius 3 is 2.36 bits per heavy atom. The second-order valence-corrected chi connectivity index (χ2v) is 8.06. The molecule has 2 aromatic rings. The van der Waals surface area contributed by atoms with Crippen LogP contribution in [0.4, 0.5) is 0 Å². The molecule has 8 nitrogen and oxygen atoms in total. The lowest BCUT2D eigenvalue weighted by molar-refractivity contribution is -0.155. The molecule has 8 heteroatoms. The Balaban J connectivity index is 0.000000657. The second kappa shape index (κ2) is 14.1. The average Bonchev–Trinajstić information content (AvgIpc) is 2.77. The Morgan fingerprint density at radius 2 is 1.82 bits per heavy atom. The molecule has 0 fully saturated rings. The van der Waals surface area contributed by atoms with Gasteiger partial charge in [-0.25, -0.2) is 9.78 Å². The average molecular weight is 461 g/mol. The molecule has 182 valence electrons. The van der Waals surface area contributed by atoms with Crippen LogP contribution in [0, 0.1) is 6.92 Å². The molecule has 1 heterocycles. The van der Waals surface area contributed by atoms with Gasteiger partial charge < -0.3 is 24.6 Å². The summed E-state index contributed by atoms with van der Waals surface area (Å²) in [5, 5.41) is 12.5. The quantitative estimate of drug-likeness (QED) is 0.407. The molecule has 2 N–H and O–H groups in total. The van der Waals surface area contributed by atoms with Gasteiger partial charge in [-0.3, -0.25) is 4.79 Å². The summed E-state index contributed by atoms with van der Waals surface area (Å²) in [4.78, 5) is 28.6. The number of hydrogen-bond donors (Lipinski definition) is 2. The number of hydrogen-bond acceptors (Lipinski definition) is 7. The molecule has 0 aliphatic rings. The summed E-state index contributed by atoms with van der Waals surface area (Å²) < 4.78 is 15.7. The summed E-state index contributed by atoms with van der Waals surface area (Å²) in [5.74, 6) is -1.57. The number of nitrogens with one attached hydrogen (secondary N) is 1. The number of ether oxygens (including phenoxy) is 3. The van der Waals surface area contributed by atoms with E-state index in [0.29, 0.717) is 19.6 Å². The van der Waals surface area contributed by atoms with Crippen LogP contribution < -0.4 is 10.1 Å². The molecule has 0 aliphatic heterocycles. The molecule has 1 aromatic heterocycles. The molecule has 0 bridgehead atoms. The van der Waals surface area contributed by atoms with Gasteiger partial charge in [-0.15, -0.1) is 0 Å². The fourth-order valence-corrected chi connectivity index (χ4v) is 2.58. The zero-order valence-electron chi connectivity index (χ0n) is 20.4. The number of carbonyl (C=O) groups is 2. The first kappa shape index (κ1) is 27.9. The normalized spacial score (nSPS) is 11.6. The number of aromatic hydroxyl groups is 1. The molecule has 1 aromatic carbocycles. The van der Waals surface area contributed by atoms with Gasteiger partial charge >= 0.3 is 5.97 Å². The number of pyridine rings is 1. The summed E-state index contributed by atoms with van der Waals surface area (Å²) in [6.45, 7) is 10.1. The molecule has 1 unspecified atom stereocenters. The van der Waals surface area contributed by atoms with Gasteiger partial charge in [0.25, 0.3) is 5.91 Å². The number of aryl methyl sites for hydroxylation is 1. The predicted octanol–water partition coefficient (Wildman–Crippen LogP) is 4.05. The number of amides is 1. The van der Waals surface area contributed by atoms with E-state index < -0.39 is 23.2 Å². The molecular formula is C25H36N2O6. The lowest BCUT2D eigenvalue weighted by Gasteiger charge is -2.26. The van der Waals surface area contributed by atoms with Crippen LogP contribution in [-0.4, -0.2) is 53.9 Å². The number of aromatic nitrogens is 1. The second-order valence-electron chi connectivity index (χ2n) is 8.06. The lowest BCUT2D eigenvalue weighted by atomic mass is 10.1. The first-order chi connectivity index (χ1) is 15.6. The first-order valence-electron chi connectivity index (χ1n) is 11.0. The van der Waals surface area contributed by atoms with Gasteiger partial charge in [0.2, 0.25) is 0 Å². The van der Waals surface area contributed by atoms with Crippen LogP contribution in [0.1, 0.15) is 56.6 Å². The largest absolute Gasteiger partial charge is 0.503 e. The molecule has 0 saturated carbocycles. The third-order valence-electron chi connectivity index (χ3n) is 4.52. The molecule has 0 radical (unpaired) electrons. The van der Waals surface area contributed by atoms with Crippen molar-refractivity contribution in [2.24, 2.45) is 0 Å². The van der Waals surface area contributed by atoms with Crippen LogP contribution in [0.25, 0.3) is 0 Å². The van der Waals surface area contributed by atoms with Gasteiger partial charge in [-0.05, 0) is 34.1 Å². The first-order valence-corrected chi connectivity index (χ1v) is 11.0. The van der Waals surface area contributed by atoms with Gasteiger partial charge in [-0.1, -0.05) is 42.8 Å². The Bertz CT molecular complexity index is 870. The van der Waals surface area contributed by atoms with Crippen molar-refractivity contribution in [1.29, 1.82) is 0 Å². The summed E-state index contributed by atoms with van der Waals surface area (Å²) in [6.07, 6.45) is 2.47. The van der Waals surface area contributed by atoms with E-state index in [1.165, 1.54) is 38.8 Å². The standard InChI is InChI=1S/C18H28N2O6.C7H8/c1-6-10-25-11-8-12(2)26-17(23)18(3,4)20-16(22)14-15(21)13(24-5)7-9-19-14;1-7-5-3-2-4-6-7/h7,9,12,21H,6,8,10-11H2,1-5H3,(H,20,22);2-6H,1H3. The highest BCUT2D eigenvalue weighted by Crippen LogP contribution is 2.27. The summed E-state index contributed by atoms with van der Waals surface area (Å²) in [6, 6.07) is 11.7. The number of nitrogens with zero attached hydrogens (tertiary/aromatic N) is 1. The molecule has 1 amide bonds. The molecular weight excluding hydrogens is 424 g/mol. The van der Waals surface area contributed by atoms with Crippen molar-refractivity contribution in [3.8, 4) is 11.5 Å². The number of methoxy groups -OCH3 is 1. The lowest BCUT2D eigenvalue weighted by Crippen LogP contribution is -2.51. The minimum atomic E-state index is -1.30. The molecule has 2 rings (SSSR count). The van der Waals surface area contributed by atoms with Gasteiger partial charge in [0.15, 0.2) is 17.2 Å². The van der Waals surface area contributed by atoms with Crippen molar-refractivity contribution in [1.82, 2.24) is 10.3 Å². The van der Waals surface area contributed by atoms with Gasteiger partial charge in [0.05, 0.1) is 13.7 Å². The van der Waals surface area contributed by atoms with Crippen molar-refractivity contribution in [3.63, 3.8) is 0 Å². The van der Waals surface area contributed by atoms with E-state index in [-0.39, 0.29) is 17.5 Å². The Hall–Kier alpha value is -3.13. The Morgan fingerprint density at radius 1 is 1.15 bits per heavy atom. The number of esters is 1. The van der Waals surface area contributed by atoms with Gasteiger partial charge in [0, 0.05) is 25.3 Å². The Labute approximate surface area is 196 Å². The van der Waals surface area contributed by atoms with Crippen molar-refractivity contribution in [3.05, 3.63) is 53.9 Å². The molecule has 33 heavy (non-hydrogen) atoms. The van der Waals surface area contributed by atoms with E-state index in [0.717, 1.165) is 6.42 Å². The maximum Gasteiger partial charge on any atom is 0.331 e. The fraction of sp³-hybridized carbons (Fsp3) is 0.480. The third-order valence-corrected chi connectivity index (χ3v) is 4.52. The maximum atomic E-state index is 12.4. The highest BCUT2D eigenvalue weighted by atomic mass is 16.5. The van der Waals surface area contributed by atoms with Crippen molar-refractivity contribution >= 4 is 11.9 Å². The zero-order chi connectivity index (χ0) is 24.9. The minimum Gasteiger partial charge on any atom is -0.503 e. The van der Waals surface area contributed by atoms with Crippen molar-refractivity contribution in [2.75, 3.05) is 20.3 Å². The Kier molecular flexibility index (Phi) is 11.9. The van der Waals surface area contributed by atoms with Gasteiger partial charge in [0.1, 0.15) is 11.6 Å². The highest BCUT2D eigenvalue weighted by molar-refractivity contribution is 5.98. The summed E-state index contributed by atoms with van der Waals surface area (Å²) in [5.41, 5.74) is -0.207. The fourth-order valence-electron chi connectivity index (χ4n) is 2.58. The van der Waals surface area contributed by atoms with Gasteiger partial charge in [-0.2, -0.15) is 0 Å². The smallest absolute Gasteiger partial charge is 0.331 e. The van der Waals surface area contributed by atoms with Crippen molar-refractivity contribution < 1.29 is 28.9 Å². The van der Waals surface area contributed by atoms with Crippen LogP contribution in [0.5, 0.6) is 11.5 Å². The third kappa shape index (κ3) is 9.91. The van der Waals surface area contributed by atoms with E-state index in [2.05, 4.69) is 29.4 Å². The number of rotatable bonds is 10. The highest BCUT2D eigenvalue weighted by Gasteiger charge is 2.34. The molecule has 0 aliphatic carbocycles. The van der Waals surface area contributed by atoms with Crippen LogP contribution in [-0.2, 0) is 14.3 Å². The maximum absolute atomic E-state index is 12.4. The molecule has 0 saturated heterocycles. The summed E-state index contributed by atoms with van der Waals surface area (Å²) >= 11 is 0. The van der Waals surface area contributed by atoms with E-state index in [1.807, 2.05) is 25.1 Å². The topological polar surface area (TPSA) is 107 Å². The minimum absolute atomic E-state index is 0.117. The predicted molar refractivity (Wildman–Crippen MR) is 126 cm³/mol. The summed E-state index contributed by atoms with van der Waals surface area (Å²) in [7, 11) is 1.36. The number of carbonyl (C=O) groups excluding carboxylic acids is 2. The molecule has 1 atom stereocenters. The van der Waals surface area contributed by atoms with E-state index in [4.69, 9.17) is 14.2 Å². The monoisotopic (exact) mass is 460 g/mol. The van der Waals surface area contributed by atoms with Crippen LogP contribution in [0.15, 0.2) is 42.6 Å². The van der Waals surface area contributed by atoms with E-state index >= 15 is 0 Å².